The topological polar surface area (TPSA) is 111 Å². The number of phosphoric ester groups is 1. The monoisotopic (exact) mass is 1000 g/mol. The van der Waals surface area contributed by atoms with Gasteiger partial charge in [-0.1, -0.05) is 241 Å². The third-order valence-electron chi connectivity index (χ3n) is 12.2. The van der Waals surface area contributed by atoms with E-state index in [9.17, 15) is 19.0 Å². The van der Waals surface area contributed by atoms with Crippen LogP contribution >= 0.6 is 7.82 Å². The number of phosphoric acid groups is 1. The predicted octanol–water partition coefficient (Wildman–Crippen LogP) is 17.1. The van der Waals surface area contributed by atoms with Gasteiger partial charge in [-0.3, -0.25) is 14.2 Å². The van der Waals surface area contributed by atoms with Crippen LogP contribution in [0.3, 0.4) is 0 Å². The summed E-state index contributed by atoms with van der Waals surface area (Å²) in [6.45, 7) is 4.10. The average molecular weight is 1000 g/mol. The Morgan fingerprint density at radius 3 is 1.21 bits per heavy atom. The summed E-state index contributed by atoms with van der Waals surface area (Å²) in [5.74, 6) is -0.879. The number of esters is 2. The van der Waals surface area contributed by atoms with E-state index in [0.29, 0.717) is 17.4 Å². The van der Waals surface area contributed by atoms with Crippen LogP contribution in [0.25, 0.3) is 0 Å². The number of carbonyl (C=O) groups is 2. The molecule has 0 aliphatic carbocycles. The average Bonchev–Trinajstić information content (AvgIpc) is 3.32. The van der Waals surface area contributed by atoms with Crippen LogP contribution in [-0.2, 0) is 32.7 Å². The molecule has 0 saturated heterocycles. The van der Waals surface area contributed by atoms with E-state index in [-0.39, 0.29) is 26.1 Å². The van der Waals surface area contributed by atoms with Gasteiger partial charge in [-0.15, -0.1) is 0 Å². The first-order chi connectivity index (χ1) is 34.0. The number of hydrogen-bond acceptors (Lipinski definition) is 8. The molecule has 0 saturated carbocycles. The molecular weight excluding hydrogens is 894 g/mol. The molecule has 0 N–H and O–H groups in total. The van der Waals surface area contributed by atoms with Crippen LogP contribution in [0, 0.1) is 0 Å². The molecule has 2 atom stereocenters. The number of allylic oxidation sites excluding steroid dienone is 12. The van der Waals surface area contributed by atoms with Crippen molar-refractivity contribution in [2.75, 3.05) is 47.5 Å². The predicted molar refractivity (Wildman–Crippen MR) is 296 cm³/mol. The molecular formula is C60H108NO8P. The van der Waals surface area contributed by atoms with Crippen LogP contribution in [0.5, 0.6) is 0 Å². The smallest absolute Gasteiger partial charge is 0.306 e. The number of ether oxygens (including phenoxy) is 2. The lowest BCUT2D eigenvalue weighted by Gasteiger charge is -2.28. The van der Waals surface area contributed by atoms with E-state index in [1.807, 2.05) is 21.1 Å². The lowest BCUT2D eigenvalue weighted by molar-refractivity contribution is -0.870. The minimum absolute atomic E-state index is 0.0416. The van der Waals surface area contributed by atoms with Crippen LogP contribution in [0.1, 0.15) is 245 Å². The van der Waals surface area contributed by atoms with Crippen molar-refractivity contribution in [3.63, 3.8) is 0 Å². The summed E-state index contributed by atoms with van der Waals surface area (Å²) in [5, 5.41) is 0. The van der Waals surface area contributed by atoms with Crippen LogP contribution in [0.15, 0.2) is 72.9 Å². The van der Waals surface area contributed by atoms with Gasteiger partial charge in [0.1, 0.15) is 19.8 Å². The molecule has 0 rings (SSSR count). The molecule has 0 radical (unpaired) electrons. The summed E-state index contributed by atoms with van der Waals surface area (Å²) < 4.78 is 34.1. The van der Waals surface area contributed by atoms with Gasteiger partial charge >= 0.3 is 11.9 Å². The van der Waals surface area contributed by atoms with Crippen molar-refractivity contribution in [2.24, 2.45) is 0 Å². The van der Waals surface area contributed by atoms with Crippen molar-refractivity contribution in [3.05, 3.63) is 72.9 Å². The molecule has 0 heterocycles. The van der Waals surface area contributed by atoms with Crippen molar-refractivity contribution >= 4 is 19.8 Å². The van der Waals surface area contributed by atoms with Gasteiger partial charge in [0.2, 0.25) is 0 Å². The van der Waals surface area contributed by atoms with Crippen molar-refractivity contribution in [1.29, 1.82) is 0 Å². The third-order valence-corrected chi connectivity index (χ3v) is 13.2. The number of likely N-dealkylation sites (N-methyl/N-ethyl adjacent to an activating group) is 1. The molecule has 0 fully saturated rings. The highest BCUT2D eigenvalue weighted by molar-refractivity contribution is 7.45. The zero-order chi connectivity index (χ0) is 51.3. The molecule has 10 heteroatoms. The highest BCUT2D eigenvalue weighted by Gasteiger charge is 2.21. The maximum absolute atomic E-state index is 12.8. The van der Waals surface area contributed by atoms with E-state index in [0.717, 1.165) is 70.6 Å². The molecule has 0 aliphatic rings. The second-order valence-electron chi connectivity index (χ2n) is 20.3. The van der Waals surface area contributed by atoms with Gasteiger partial charge in [0.25, 0.3) is 7.82 Å². The second kappa shape index (κ2) is 51.4. The Hall–Kier alpha value is -2.55. The lowest BCUT2D eigenvalue weighted by atomic mass is 10.0. The van der Waals surface area contributed by atoms with E-state index in [2.05, 4.69) is 86.8 Å². The van der Waals surface area contributed by atoms with E-state index in [4.69, 9.17) is 18.5 Å². The van der Waals surface area contributed by atoms with Gasteiger partial charge in [0.05, 0.1) is 27.7 Å². The zero-order valence-electron chi connectivity index (χ0n) is 46.0. The van der Waals surface area contributed by atoms with Crippen LogP contribution in [0.4, 0.5) is 0 Å². The zero-order valence-corrected chi connectivity index (χ0v) is 46.8. The number of carbonyl (C=O) groups excluding carboxylic acids is 2. The third kappa shape index (κ3) is 54.8. The molecule has 9 nitrogen and oxygen atoms in total. The highest BCUT2D eigenvalue weighted by Crippen LogP contribution is 2.38. The molecule has 0 amide bonds. The SMILES string of the molecule is CC/C=C\C/C=C\C/C=C\C/C=C\C/C=C\C/C=C\CCCCC(=O)OC(COC(=O)CCCCCCCCCCCCCCCCCCCCCCCCCCC)COP(=O)([O-])OCC[N+](C)(C)C. The van der Waals surface area contributed by atoms with Gasteiger partial charge < -0.3 is 27.9 Å². The Bertz CT molecular complexity index is 1410. The fraction of sp³-hybridized carbons (Fsp3) is 0.767. The second-order valence-corrected chi connectivity index (χ2v) is 21.7. The molecule has 0 bridgehead atoms. The quantitative estimate of drug-likeness (QED) is 0.0195. The number of quaternary nitrogens is 1. The summed E-state index contributed by atoms with van der Waals surface area (Å²) in [4.78, 5) is 37.8. The summed E-state index contributed by atoms with van der Waals surface area (Å²) in [5.41, 5.74) is 0. The Balaban J connectivity index is 4.22. The maximum atomic E-state index is 12.8. The molecule has 0 aromatic heterocycles. The Kier molecular flexibility index (Phi) is 49.5. The van der Waals surface area contributed by atoms with E-state index >= 15 is 0 Å². The highest BCUT2D eigenvalue weighted by atomic mass is 31.2. The molecule has 0 spiro atoms. The Labute approximate surface area is 431 Å². The molecule has 0 aromatic rings. The summed E-state index contributed by atoms with van der Waals surface area (Å²) in [6, 6.07) is 0. The van der Waals surface area contributed by atoms with Gasteiger partial charge in [0.15, 0.2) is 6.10 Å². The molecule has 0 aromatic carbocycles. The van der Waals surface area contributed by atoms with Crippen LogP contribution in [-0.4, -0.2) is 70.0 Å². The summed E-state index contributed by atoms with van der Waals surface area (Å²) in [7, 11) is 1.13. The van der Waals surface area contributed by atoms with Gasteiger partial charge in [-0.25, -0.2) is 0 Å². The Morgan fingerprint density at radius 2 is 0.814 bits per heavy atom. The van der Waals surface area contributed by atoms with Crippen molar-refractivity contribution in [2.45, 2.75) is 251 Å². The van der Waals surface area contributed by atoms with Gasteiger partial charge in [0, 0.05) is 12.8 Å². The first kappa shape index (κ1) is 67.5. The molecule has 70 heavy (non-hydrogen) atoms. The standard InChI is InChI=1S/C60H108NO8P/c1-6-8-10-12-14-16-18-20-22-24-26-28-29-30-31-33-34-36-38-40-42-44-46-48-50-52-59(62)66-56-58(57-68-70(64,65)67-55-54-61(3,4)5)69-60(63)53-51-49-47-45-43-41-39-37-35-32-27-25-23-21-19-17-15-13-11-9-7-2/h9,11,15,17,21,23,27,32,37,39,43,45,58H,6-8,10,12-14,16,18-20,22,24-26,28-31,33-36,38,40-42,44,46-57H2,1-5H3/b11-9-,17-15-,23-21-,32-27-,39-37-,45-43-. The van der Waals surface area contributed by atoms with E-state index < -0.39 is 32.5 Å². The molecule has 2 unspecified atom stereocenters. The van der Waals surface area contributed by atoms with Gasteiger partial charge in [-0.2, -0.15) is 0 Å². The molecule has 0 aliphatic heterocycles. The summed E-state index contributed by atoms with van der Waals surface area (Å²) in [6.07, 6.45) is 66.7. The van der Waals surface area contributed by atoms with Gasteiger partial charge in [-0.05, 0) is 64.2 Å². The lowest BCUT2D eigenvalue weighted by Crippen LogP contribution is -2.37. The van der Waals surface area contributed by atoms with Crippen molar-refractivity contribution < 1.29 is 42.1 Å². The first-order valence-corrected chi connectivity index (χ1v) is 30.1. The fourth-order valence-electron chi connectivity index (χ4n) is 7.84. The minimum Gasteiger partial charge on any atom is -0.756 e. The summed E-state index contributed by atoms with van der Waals surface area (Å²) >= 11 is 0. The first-order valence-electron chi connectivity index (χ1n) is 28.6. The fourth-order valence-corrected chi connectivity index (χ4v) is 8.57. The number of hydrogen-bond donors (Lipinski definition) is 0. The normalized spacial score (nSPS) is 13.9. The number of rotatable bonds is 52. The van der Waals surface area contributed by atoms with Crippen LogP contribution in [0.2, 0.25) is 0 Å². The largest absolute Gasteiger partial charge is 0.756 e. The van der Waals surface area contributed by atoms with E-state index in [1.165, 1.54) is 141 Å². The van der Waals surface area contributed by atoms with Crippen molar-refractivity contribution in [1.82, 2.24) is 0 Å². The minimum atomic E-state index is -4.65. The maximum Gasteiger partial charge on any atom is 0.306 e. The number of nitrogens with zero attached hydrogens (tertiary/aromatic N) is 1. The van der Waals surface area contributed by atoms with E-state index in [1.54, 1.807) is 0 Å². The molecule has 406 valence electrons. The Morgan fingerprint density at radius 1 is 0.457 bits per heavy atom. The number of unbranched alkanes of at least 4 members (excludes halogenated alkanes) is 26. The van der Waals surface area contributed by atoms with Crippen molar-refractivity contribution in [3.8, 4) is 0 Å². The van der Waals surface area contributed by atoms with Crippen LogP contribution < -0.4 is 4.89 Å².